The molecule has 0 aromatic rings. The van der Waals surface area contributed by atoms with Gasteiger partial charge in [0.2, 0.25) is 11.8 Å². The molecule has 0 aromatic heterocycles. The Hall–Kier alpha value is -1.24. The number of alkyl halides is 2. The number of nitrogens with zero attached hydrogens (tertiary/aromatic N) is 1. The van der Waals surface area contributed by atoms with Crippen LogP contribution in [0, 0.1) is 23.2 Å². The summed E-state index contributed by atoms with van der Waals surface area (Å²) in [7, 11) is 0. The van der Waals surface area contributed by atoms with Gasteiger partial charge in [-0.1, -0.05) is 13.8 Å². The van der Waals surface area contributed by atoms with E-state index >= 15 is 0 Å². The lowest BCUT2D eigenvalue weighted by molar-refractivity contribution is -0.132. The number of halogens is 2. The highest BCUT2D eigenvalue weighted by Crippen LogP contribution is 2.46. The second-order valence-corrected chi connectivity index (χ2v) is 11.1. The first-order valence-electron chi connectivity index (χ1n) is 12.3. The molecule has 4 fully saturated rings. The first-order valence-corrected chi connectivity index (χ1v) is 12.3. The molecule has 176 valence electrons. The number of amides is 2. The quantitative estimate of drug-likeness (QED) is 0.709. The molecular formula is C24H39F2N3O2. The standard InChI is InChI=1S/C24H39F2N3O2/c1-14-4-5-20(26)19-13-21(28-22(14)19)23(31)27-18-11-16(10-17(25)12-18)24(3)6-8-29(9-7-24)15(2)30/h14,16-22,28H,4-13H2,1-3H3,(H,27,31). The van der Waals surface area contributed by atoms with Crippen molar-refractivity contribution in [2.45, 2.75) is 103 Å². The normalized spacial score (nSPS) is 42.7. The first kappa shape index (κ1) is 22.9. The maximum Gasteiger partial charge on any atom is 0.237 e. The van der Waals surface area contributed by atoms with E-state index in [9.17, 15) is 18.4 Å². The van der Waals surface area contributed by atoms with E-state index in [-0.39, 0.29) is 47.2 Å². The van der Waals surface area contributed by atoms with Crippen molar-refractivity contribution >= 4 is 11.8 Å². The Morgan fingerprint density at radius 3 is 2.42 bits per heavy atom. The SMILES string of the molecule is CC(=O)N1CCC(C)(C2CC(F)CC(NC(=O)C3CC4C(F)CCC(C)C4N3)C2)CC1. The van der Waals surface area contributed by atoms with Crippen molar-refractivity contribution in [2.75, 3.05) is 13.1 Å². The Labute approximate surface area is 185 Å². The first-order chi connectivity index (χ1) is 14.7. The molecule has 31 heavy (non-hydrogen) atoms. The van der Waals surface area contributed by atoms with E-state index in [1.165, 1.54) is 0 Å². The minimum absolute atomic E-state index is 0.00286. The predicted molar refractivity (Wildman–Crippen MR) is 116 cm³/mol. The Morgan fingerprint density at radius 2 is 1.77 bits per heavy atom. The van der Waals surface area contributed by atoms with Crippen LogP contribution in [0.25, 0.3) is 0 Å². The van der Waals surface area contributed by atoms with Crippen molar-refractivity contribution in [1.29, 1.82) is 0 Å². The van der Waals surface area contributed by atoms with Crippen LogP contribution < -0.4 is 10.6 Å². The van der Waals surface area contributed by atoms with Crippen LogP contribution in [0.4, 0.5) is 8.78 Å². The highest BCUT2D eigenvalue weighted by molar-refractivity contribution is 5.82. The van der Waals surface area contributed by atoms with Crippen LogP contribution in [-0.4, -0.2) is 60.3 Å². The number of carbonyl (C=O) groups excluding carboxylic acids is 2. The lowest BCUT2D eigenvalue weighted by Crippen LogP contribution is -2.52. The summed E-state index contributed by atoms with van der Waals surface area (Å²) in [6, 6.07) is -0.480. The number of rotatable bonds is 3. The van der Waals surface area contributed by atoms with Crippen molar-refractivity contribution in [2.24, 2.45) is 23.2 Å². The van der Waals surface area contributed by atoms with E-state index in [2.05, 4.69) is 24.5 Å². The van der Waals surface area contributed by atoms with E-state index < -0.39 is 12.3 Å². The highest BCUT2D eigenvalue weighted by atomic mass is 19.1. The van der Waals surface area contributed by atoms with Gasteiger partial charge in [0.15, 0.2) is 0 Å². The number of nitrogens with one attached hydrogen (secondary N) is 2. The minimum Gasteiger partial charge on any atom is -0.352 e. The number of piperidine rings is 1. The zero-order chi connectivity index (χ0) is 22.3. The maximum absolute atomic E-state index is 14.7. The van der Waals surface area contributed by atoms with Gasteiger partial charge in [0.05, 0.1) is 6.04 Å². The summed E-state index contributed by atoms with van der Waals surface area (Å²) < 4.78 is 29.1. The van der Waals surface area contributed by atoms with Gasteiger partial charge in [0.25, 0.3) is 0 Å². The van der Waals surface area contributed by atoms with E-state index in [0.29, 0.717) is 31.6 Å². The van der Waals surface area contributed by atoms with Crippen LogP contribution >= 0.6 is 0 Å². The predicted octanol–water partition coefficient (Wildman–Crippen LogP) is 3.37. The third-order valence-electron chi connectivity index (χ3n) is 8.99. The van der Waals surface area contributed by atoms with Gasteiger partial charge in [-0.25, -0.2) is 8.78 Å². The van der Waals surface area contributed by atoms with Gasteiger partial charge >= 0.3 is 0 Å². The topological polar surface area (TPSA) is 61.4 Å². The molecule has 0 radical (unpaired) electrons. The molecule has 0 bridgehead atoms. The van der Waals surface area contributed by atoms with Gasteiger partial charge in [-0.2, -0.15) is 0 Å². The zero-order valence-corrected chi connectivity index (χ0v) is 19.2. The Balaban J connectivity index is 1.35. The number of likely N-dealkylation sites (tertiary alicyclic amines) is 1. The molecule has 2 aliphatic heterocycles. The lowest BCUT2D eigenvalue weighted by Gasteiger charge is -2.47. The summed E-state index contributed by atoms with van der Waals surface area (Å²) in [5, 5.41) is 6.50. The van der Waals surface area contributed by atoms with Crippen LogP contribution in [0.3, 0.4) is 0 Å². The van der Waals surface area contributed by atoms with Crippen LogP contribution in [0.2, 0.25) is 0 Å². The fourth-order valence-electron chi connectivity index (χ4n) is 6.78. The van der Waals surface area contributed by atoms with Crippen LogP contribution in [0.5, 0.6) is 0 Å². The van der Waals surface area contributed by atoms with Crippen molar-refractivity contribution in [3.05, 3.63) is 0 Å². The maximum atomic E-state index is 14.7. The van der Waals surface area contributed by atoms with E-state index in [4.69, 9.17) is 0 Å². The van der Waals surface area contributed by atoms with Gasteiger partial charge < -0.3 is 15.5 Å². The summed E-state index contributed by atoms with van der Waals surface area (Å²) in [6.07, 6.45) is 3.68. The van der Waals surface area contributed by atoms with Gasteiger partial charge in [-0.05, 0) is 68.6 Å². The molecule has 4 aliphatic rings. The molecule has 4 rings (SSSR count). The molecule has 5 nitrogen and oxygen atoms in total. The van der Waals surface area contributed by atoms with Crippen molar-refractivity contribution < 1.29 is 18.4 Å². The third-order valence-corrected chi connectivity index (χ3v) is 8.99. The molecule has 0 aromatic carbocycles. The second kappa shape index (κ2) is 8.95. The lowest BCUT2D eigenvalue weighted by atomic mass is 9.64. The summed E-state index contributed by atoms with van der Waals surface area (Å²) >= 11 is 0. The second-order valence-electron chi connectivity index (χ2n) is 11.1. The van der Waals surface area contributed by atoms with Gasteiger partial charge in [0, 0.05) is 38.0 Å². The van der Waals surface area contributed by atoms with Gasteiger partial charge in [0.1, 0.15) is 12.3 Å². The Bertz CT molecular complexity index is 664. The zero-order valence-electron chi connectivity index (χ0n) is 19.2. The average molecular weight is 440 g/mol. The molecule has 8 unspecified atom stereocenters. The molecular weight excluding hydrogens is 400 g/mol. The number of hydrogen-bond donors (Lipinski definition) is 2. The molecule has 7 heteroatoms. The van der Waals surface area contributed by atoms with Crippen LogP contribution in [0.1, 0.15) is 72.1 Å². The van der Waals surface area contributed by atoms with Crippen molar-refractivity contribution in [3.8, 4) is 0 Å². The third kappa shape index (κ3) is 4.76. The molecule has 2 saturated heterocycles. The van der Waals surface area contributed by atoms with Crippen molar-refractivity contribution in [1.82, 2.24) is 15.5 Å². The molecule has 0 spiro atoms. The fraction of sp³-hybridized carbons (Fsp3) is 0.917. The largest absolute Gasteiger partial charge is 0.352 e. The molecule has 2 saturated carbocycles. The number of hydrogen-bond acceptors (Lipinski definition) is 3. The fourth-order valence-corrected chi connectivity index (χ4v) is 6.78. The molecule has 2 N–H and O–H groups in total. The Morgan fingerprint density at radius 1 is 1.06 bits per heavy atom. The van der Waals surface area contributed by atoms with Gasteiger partial charge in [-0.15, -0.1) is 0 Å². The van der Waals surface area contributed by atoms with E-state index in [1.54, 1.807) is 6.92 Å². The molecule has 2 amide bonds. The summed E-state index contributed by atoms with van der Waals surface area (Å²) in [4.78, 5) is 26.5. The molecule has 2 aliphatic carbocycles. The van der Waals surface area contributed by atoms with E-state index in [0.717, 1.165) is 38.8 Å². The highest BCUT2D eigenvalue weighted by Gasteiger charge is 2.47. The molecule has 8 atom stereocenters. The Kier molecular flexibility index (Phi) is 6.62. The van der Waals surface area contributed by atoms with E-state index in [1.807, 2.05) is 4.90 Å². The number of carbonyl (C=O) groups is 2. The minimum atomic E-state index is -0.916. The summed E-state index contributed by atoms with van der Waals surface area (Å²) in [6.45, 7) is 7.42. The summed E-state index contributed by atoms with van der Waals surface area (Å²) in [5.74, 6) is 0.504. The number of fused-ring (bicyclic) bond motifs is 1. The smallest absolute Gasteiger partial charge is 0.237 e. The summed E-state index contributed by atoms with van der Waals surface area (Å²) in [5.41, 5.74) is -0.00286. The average Bonchev–Trinajstić information content (AvgIpc) is 3.18. The van der Waals surface area contributed by atoms with Crippen molar-refractivity contribution in [3.63, 3.8) is 0 Å². The molecule has 2 heterocycles. The monoisotopic (exact) mass is 439 g/mol. The van der Waals surface area contributed by atoms with Crippen LogP contribution in [0.15, 0.2) is 0 Å². The van der Waals surface area contributed by atoms with Crippen LogP contribution in [-0.2, 0) is 9.59 Å². The van der Waals surface area contributed by atoms with Gasteiger partial charge in [-0.3, -0.25) is 9.59 Å².